The van der Waals surface area contributed by atoms with Crippen LogP contribution in [0.15, 0.2) is 0 Å². The molecule has 5 heteroatoms. The molecule has 0 aliphatic heterocycles. The van der Waals surface area contributed by atoms with E-state index in [9.17, 15) is 9.59 Å². The maximum atomic E-state index is 12.1. The van der Waals surface area contributed by atoms with Crippen LogP contribution < -0.4 is 10.6 Å². The lowest BCUT2D eigenvalue weighted by molar-refractivity contribution is -0.116. The molecule has 1 aliphatic rings. The number of carbonyl (C=O) groups is 2. The van der Waals surface area contributed by atoms with Gasteiger partial charge in [-0.1, -0.05) is 6.92 Å². The van der Waals surface area contributed by atoms with Gasteiger partial charge >= 0.3 is 0 Å². The second-order valence-corrected chi connectivity index (χ2v) is 5.90. The summed E-state index contributed by atoms with van der Waals surface area (Å²) in [6.07, 6.45) is 5.56. The van der Waals surface area contributed by atoms with E-state index in [1.165, 1.54) is 11.3 Å². The average Bonchev–Trinajstić information content (AvgIpc) is 2.75. The predicted octanol–water partition coefficient (Wildman–Crippen LogP) is 2.73. The highest BCUT2D eigenvalue weighted by Crippen LogP contribution is 2.38. The van der Waals surface area contributed by atoms with Crippen molar-refractivity contribution in [1.82, 2.24) is 5.32 Å². The molecule has 4 nitrogen and oxygen atoms in total. The van der Waals surface area contributed by atoms with Gasteiger partial charge in [0.15, 0.2) is 0 Å². The fraction of sp³-hybridized carbons (Fsp3) is 0.571. The van der Waals surface area contributed by atoms with Crippen LogP contribution >= 0.6 is 11.3 Å². The molecule has 2 rings (SSSR count). The Labute approximate surface area is 117 Å². The van der Waals surface area contributed by atoms with Gasteiger partial charge in [-0.3, -0.25) is 9.59 Å². The van der Waals surface area contributed by atoms with Crippen molar-refractivity contribution in [2.75, 3.05) is 12.4 Å². The molecular formula is C14H20N2O2S. The van der Waals surface area contributed by atoms with E-state index in [1.54, 1.807) is 18.4 Å². The summed E-state index contributed by atoms with van der Waals surface area (Å²) < 4.78 is 0. The Morgan fingerprint density at radius 3 is 2.68 bits per heavy atom. The Kier molecular flexibility index (Phi) is 4.58. The summed E-state index contributed by atoms with van der Waals surface area (Å²) in [6, 6.07) is 0. The van der Waals surface area contributed by atoms with E-state index in [-0.39, 0.29) is 11.8 Å². The minimum Gasteiger partial charge on any atom is -0.355 e. The summed E-state index contributed by atoms with van der Waals surface area (Å²) >= 11 is 1.57. The van der Waals surface area contributed by atoms with Gasteiger partial charge in [-0.25, -0.2) is 0 Å². The van der Waals surface area contributed by atoms with Gasteiger partial charge in [-0.15, -0.1) is 11.3 Å². The molecule has 0 aromatic carbocycles. The molecular weight excluding hydrogens is 260 g/mol. The summed E-state index contributed by atoms with van der Waals surface area (Å²) in [5.74, 6) is -0.0996. The van der Waals surface area contributed by atoms with Crippen LogP contribution in [0, 0.1) is 0 Å². The molecule has 0 atom stereocenters. The fourth-order valence-electron chi connectivity index (χ4n) is 2.44. The molecule has 0 saturated carbocycles. The molecule has 1 aromatic rings. The zero-order valence-electron chi connectivity index (χ0n) is 11.5. The highest BCUT2D eigenvalue weighted by atomic mass is 32.1. The second-order valence-electron chi connectivity index (χ2n) is 4.79. The van der Waals surface area contributed by atoms with Gasteiger partial charge in [0.2, 0.25) is 5.91 Å². The van der Waals surface area contributed by atoms with E-state index in [0.717, 1.165) is 36.2 Å². The van der Waals surface area contributed by atoms with Crippen molar-refractivity contribution < 1.29 is 9.59 Å². The maximum Gasteiger partial charge on any atom is 0.254 e. The number of hydrogen-bond acceptors (Lipinski definition) is 3. The van der Waals surface area contributed by atoms with Gasteiger partial charge in [0.25, 0.3) is 5.91 Å². The van der Waals surface area contributed by atoms with Gasteiger partial charge < -0.3 is 10.6 Å². The predicted molar refractivity (Wildman–Crippen MR) is 77.9 cm³/mol. The highest BCUT2D eigenvalue weighted by Gasteiger charge is 2.25. The number of hydrogen-bond donors (Lipinski definition) is 2. The lowest BCUT2D eigenvalue weighted by Crippen LogP contribution is -2.22. The summed E-state index contributed by atoms with van der Waals surface area (Å²) in [7, 11) is 1.63. The third kappa shape index (κ3) is 2.97. The van der Waals surface area contributed by atoms with Crippen LogP contribution in [0.4, 0.5) is 5.00 Å². The third-order valence-electron chi connectivity index (χ3n) is 3.36. The number of anilines is 1. The van der Waals surface area contributed by atoms with Gasteiger partial charge in [-0.2, -0.15) is 0 Å². The summed E-state index contributed by atoms with van der Waals surface area (Å²) in [5.41, 5.74) is 1.83. The van der Waals surface area contributed by atoms with E-state index in [1.807, 2.05) is 6.92 Å². The Morgan fingerprint density at radius 1 is 1.26 bits per heavy atom. The summed E-state index contributed by atoms with van der Waals surface area (Å²) in [6.45, 7) is 1.97. The third-order valence-corrected chi connectivity index (χ3v) is 4.56. The number of nitrogens with one attached hydrogen (secondary N) is 2. The van der Waals surface area contributed by atoms with E-state index in [0.29, 0.717) is 12.0 Å². The van der Waals surface area contributed by atoms with Crippen LogP contribution in [0.1, 0.15) is 53.4 Å². The van der Waals surface area contributed by atoms with Crippen LogP contribution in [0.5, 0.6) is 0 Å². The molecule has 0 bridgehead atoms. The number of aryl methyl sites for hydroxylation is 1. The van der Waals surface area contributed by atoms with Crippen LogP contribution in [0.25, 0.3) is 0 Å². The van der Waals surface area contributed by atoms with E-state index in [4.69, 9.17) is 0 Å². The minimum atomic E-state index is -0.0915. The van der Waals surface area contributed by atoms with Gasteiger partial charge in [-0.05, 0) is 37.7 Å². The first-order valence-corrected chi connectivity index (χ1v) is 7.65. The number of thiophene rings is 1. The zero-order valence-corrected chi connectivity index (χ0v) is 12.3. The number of carbonyl (C=O) groups excluding carboxylic acids is 2. The first kappa shape index (κ1) is 14.1. The molecule has 0 fully saturated rings. The lowest BCUT2D eigenvalue weighted by Gasteiger charge is -2.12. The monoisotopic (exact) mass is 280 g/mol. The summed E-state index contributed by atoms with van der Waals surface area (Å²) in [5, 5.41) is 6.31. The quantitative estimate of drug-likeness (QED) is 0.891. The molecule has 0 spiro atoms. The molecule has 2 amide bonds. The van der Waals surface area contributed by atoms with Crippen molar-refractivity contribution in [2.45, 2.75) is 45.4 Å². The van der Waals surface area contributed by atoms with Crippen molar-refractivity contribution in [3.05, 3.63) is 16.0 Å². The second kappa shape index (κ2) is 6.19. The molecule has 2 N–H and O–H groups in total. The van der Waals surface area contributed by atoms with Gasteiger partial charge in [0.05, 0.1) is 5.56 Å². The number of fused-ring (bicyclic) bond motifs is 1. The van der Waals surface area contributed by atoms with Crippen LogP contribution in [-0.2, 0) is 17.6 Å². The molecule has 0 radical (unpaired) electrons. The number of amides is 2. The Hall–Kier alpha value is -1.36. The molecule has 0 saturated heterocycles. The average molecular weight is 280 g/mol. The van der Waals surface area contributed by atoms with Crippen molar-refractivity contribution >= 4 is 28.2 Å². The molecule has 1 heterocycles. The van der Waals surface area contributed by atoms with Crippen molar-refractivity contribution in [3.63, 3.8) is 0 Å². The molecule has 1 aromatic heterocycles. The first-order valence-electron chi connectivity index (χ1n) is 6.83. The lowest BCUT2D eigenvalue weighted by atomic mass is 9.95. The van der Waals surface area contributed by atoms with Crippen molar-refractivity contribution in [2.24, 2.45) is 0 Å². The molecule has 19 heavy (non-hydrogen) atoms. The minimum absolute atomic E-state index is 0.00810. The Bertz CT molecular complexity index is 494. The SMILES string of the molecule is CCCC(=O)Nc1sc2c(c1C(=O)NC)CCCC2. The van der Waals surface area contributed by atoms with E-state index in [2.05, 4.69) is 10.6 Å². The standard InChI is InChI=1S/C14H20N2O2S/c1-3-6-11(17)16-14-12(13(18)15-2)9-7-4-5-8-10(9)19-14/h3-8H2,1-2H3,(H,15,18)(H,16,17). The Morgan fingerprint density at radius 2 is 2.00 bits per heavy atom. The molecule has 1 aliphatic carbocycles. The maximum absolute atomic E-state index is 12.1. The fourth-order valence-corrected chi connectivity index (χ4v) is 3.74. The molecule has 0 unspecified atom stereocenters. The summed E-state index contributed by atoms with van der Waals surface area (Å²) in [4.78, 5) is 25.1. The Balaban J connectivity index is 2.33. The smallest absolute Gasteiger partial charge is 0.254 e. The van der Waals surface area contributed by atoms with Crippen molar-refractivity contribution in [3.8, 4) is 0 Å². The van der Waals surface area contributed by atoms with Crippen LogP contribution in [0.3, 0.4) is 0 Å². The van der Waals surface area contributed by atoms with Gasteiger partial charge in [0, 0.05) is 18.3 Å². The normalized spacial score (nSPS) is 13.8. The molecule has 104 valence electrons. The van der Waals surface area contributed by atoms with E-state index < -0.39 is 0 Å². The van der Waals surface area contributed by atoms with E-state index >= 15 is 0 Å². The highest BCUT2D eigenvalue weighted by molar-refractivity contribution is 7.17. The van der Waals surface area contributed by atoms with Gasteiger partial charge in [0.1, 0.15) is 5.00 Å². The largest absolute Gasteiger partial charge is 0.355 e. The van der Waals surface area contributed by atoms with Crippen LogP contribution in [-0.4, -0.2) is 18.9 Å². The zero-order chi connectivity index (χ0) is 13.8. The number of rotatable bonds is 4. The van der Waals surface area contributed by atoms with Crippen molar-refractivity contribution in [1.29, 1.82) is 0 Å². The van der Waals surface area contributed by atoms with Crippen LogP contribution in [0.2, 0.25) is 0 Å². The topological polar surface area (TPSA) is 58.2 Å². The first-order chi connectivity index (χ1) is 9.17.